The topological polar surface area (TPSA) is 48.1 Å². The van der Waals surface area contributed by atoms with Crippen molar-refractivity contribution in [1.82, 2.24) is 14.7 Å². The van der Waals surface area contributed by atoms with Crippen molar-refractivity contribution in [3.63, 3.8) is 0 Å². The van der Waals surface area contributed by atoms with Gasteiger partial charge in [-0.25, -0.2) is 0 Å². The number of halogens is 1. The highest BCUT2D eigenvalue weighted by molar-refractivity contribution is 14.0. The molecule has 0 spiro atoms. The molecule has 2 bridgehead atoms. The van der Waals surface area contributed by atoms with Crippen molar-refractivity contribution >= 4 is 29.9 Å². The predicted molar refractivity (Wildman–Crippen MR) is 93.7 cm³/mol. The Morgan fingerprint density at radius 3 is 2.30 bits per heavy atom. The highest BCUT2D eigenvalue weighted by Crippen LogP contribution is 2.17. The zero-order valence-corrected chi connectivity index (χ0v) is 14.8. The molecule has 0 aromatic heterocycles. The lowest BCUT2D eigenvalue weighted by Gasteiger charge is -2.47. The Morgan fingerprint density at radius 1 is 1.10 bits per heavy atom. The fraction of sp³-hybridized carbons (Fsp3) is 0.929. The maximum Gasteiger partial charge on any atom is 0.191 e. The van der Waals surface area contributed by atoms with Gasteiger partial charge in [0.15, 0.2) is 5.96 Å². The first-order valence-corrected chi connectivity index (χ1v) is 7.73. The summed E-state index contributed by atoms with van der Waals surface area (Å²) in [4.78, 5) is 12.1. The van der Waals surface area contributed by atoms with Gasteiger partial charge in [0.1, 0.15) is 0 Å². The third kappa shape index (κ3) is 3.76. The Bertz CT molecular complexity index is 332. The number of aliphatic imine (C=N–C) groups is 1. The minimum atomic E-state index is 0. The smallest absolute Gasteiger partial charge is 0.191 e. The van der Waals surface area contributed by atoms with Crippen molar-refractivity contribution in [2.75, 3.05) is 52.4 Å². The number of nitrogens with two attached hydrogens (primary N) is 1. The number of nitrogens with zero attached hydrogens (tertiary/aromatic N) is 4. The zero-order chi connectivity index (χ0) is 13.2. The monoisotopic (exact) mass is 393 g/mol. The number of piperazine rings is 3. The molecule has 0 saturated carbocycles. The molecule has 4 aliphatic heterocycles. The molecule has 1 atom stereocenters. The molecule has 0 amide bonds. The molecule has 20 heavy (non-hydrogen) atoms. The van der Waals surface area contributed by atoms with E-state index in [2.05, 4.69) is 26.6 Å². The summed E-state index contributed by atoms with van der Waals surface area (Å²) in [5.74, 6) is 1.61. The molecule has 4 rings (SSSR count). The van der Waals surface area contributed by atoms with Crippen LogP contribution in [-0.4, -0.2) is 79.1 Å². The molecule has 116 valence electrons. The van der Waals surface area contributed by atoms with E-state index in [1.54, 1.807) is 0 Å². The second-order valence-corrected chi connectivity index (χ2v) is 6.36. The Hall–Kier alpha value is -0.0800. The van der Waals surface area contributed by atoms with E-state index in [-0.39, 0.29) is 24.0 Å². The van der Waals surface area contributed by atoms with Crippen molar-refractivity contribution in [3.8, 4) is 0 Å². The quantitative estimate of drug-likeness (QED) is 0.425. The van der Waals surface area contributed by atoms with Gasteiger partial charge in [-0.2, -0.15) is 0 Å². The van der Waals surface area contributed by atoms with Crippen molar-refractivity contribution in [1.29, 1.82) is 0 Å². The van der Waals surface area contributed by atoms with Crippen molar-refractivity contribution < 1.29 is 0 Å². The van der Waals surface area contributed by atoms with Gasteiger partial charge in [-0.15, -0.1) is 24.0 Å². The van der Waals surface area contributed by atoms with Gasteiger partial charge >= 0.3 is 0 Å². The molecule has 4 fully saturated rings. The van der Waals surface area contributed by atoms with Gasteiger partial charge in [0.25, 0.3) is 0 Å². The molecule has 4 heterocycles. The van der Waals surface area contributed by atoms with Crippen LogP contribution in [0.3, 0.4) is 0 Å². The average Bonchev–Trinajstić information content (AvgIpc) is 2.47. The first-order chi connectivity index (χ1) is 9.22. The van der Waals surface area contributed by atoms with E-state index < -0.39 is 0 Å². The van der Waals surface area contributed by atoms with Crippen LogP contribution in [0, 0.1) is 5.92 Å². The van der Waals surface area contributed by atoms with Gasteiger partial charge in [0, 0.05) is 51.9 Å². The Labute approximate surface area is 139 Å². The number of likely N-dealkylation sites (tertiary alicyclic amines) is 1. The summed E-state index contributed by atoms with van der Waals surface area (Å²) < 4.78 is 0. The first-order valence-electron chi connectivity index (χ1n) is 7.73. The van der Waals surface area contributed by atoms with E-state index in [9.17, 15) is 0 Å². The van der Waals surface area contributed by atoms with Crippen LogP contribution in [0.25, 0.3) is 0 Å². The molecule has 0 aromatic rings. The van der Waals surface area contributed by atoms with Crippen LogP contribution >= 0.6 is 24.0 Å². The first kappa shape index (κ1) is 16.3. The van der Waals surface area contributed by atoms with E-state index in [4.69, 9.17) is 5.73 Å². The van der Waals surface area contributed by atoms with Crippen LogP contribution in [0.4, 0.5) is 0 Å². The van der Waals surface area contributed by atoms with Crippen molar-refractivity contribution in [3.05, 3.63) is 0 Å². The Balaban J connectivity index is 0.00000147. The summed E-state index contributed by atoms with van der Waals surface area (Å²) in [5.41, 5.74) is 6.15. The lowest BCUT2D eigenvalue weighted by molar-refractivity contribution is 0.0173. The summed E-state index contributed by atoms with van der Waals surface area (Å²) in [6.07, 6.45) is 2.50. The maximum atomic E-state index is 6.15. The number of hydrogen-bond donors (Lipinski definition) is 1. The zero-order valence-electron chi connectivity index (χ0n) is 12.5. The molecular formula is C14H28IN5. The normalized spacial score (nSPS) is 35.0. The second-order valence-electron chi connectivity index (χ2n) is 6.36. The van der Waals surface area contributed by atoms with Crippen LogP contribution in [0.1, 0.15) is 19.8 Å². The van der Waals surface area contributed by atoms with Crippen LogP contribution < -0.4 is 5.73 Å². The van der Waals surface area contributed by atoms with Gasteiger partial charge < -0.3 is 10.6 Å². The van der Waals surface area contributed by atoms with E-state index in [1.165, 1.54) is 45.6 Å². The van der Waals surface area contributed by atoms with Crippen LogP contribution in [-0.2, 0) is 0 Å². The number of piperidine rings is 1. The van der Waals surface area contributed by atoms with Crippen LogP contribution in [0.5, 0.6) is 0 Å². The average molecular weight is 393 g/mol. The third-order valence-electron chi connectivity index (χ3n) is 4.96. The van der Waals surface area contributed by atoms with Crippen LogP contribution in [0.15, 0.2) is 4.99 Å². The van der Waals surface area contributed by atoms with Gasteiger partial charge in [-0.3, -0.25) is 14.8 Å². The molecule has 5 nitrogen and oxygen atoms in total. The summed E-state index contributed by atoms with van der Waals surface area (Å²) in [5, 5.41) is 0. The molecule has 6 heteroatoms. The fourth-order valence-electron chi connectivity index (χ4n) is 3.43. The van der Waals surface area contributed by atoms with Gasteiger partial charge in [-0.05, 0) is 18.8 Å². The van der Waals surface area contributed by atoms with Gasteiger partial charge in [-0.1, -0.05) is 6.92 Å². The number of guanidine groups is 1. The molecule has 2 N–H and O–H groups in total. The summed E-state index contributed by atoms with van der Waals surface area (Å²) in [7, 11) is 0. The SMILES string of the molecule is CC1CCN(C(N)=NCC2CN3CCN2CC3)CC1.I. The molecule has 0 aliphatic carbocycles. The maximum absolute atomic E-state index is 6.15. The van der Waals surface area contributed by atoms with Gasteiger partial charge in [0.05, 0.1) is 6.54 Å². The van der Waals surface area contributed by atoms with E-state index >= 15 is 0 Å². The number of rotatable bonds is 2. The minimum absolute atomic E-state index is 0. The Kier molecular flexibility index (Phi) is 5.92. The molecule has 0 aromatic carbocycles. The highest BCUT2D eigenvalue weighted by atomic mass is 127. The summed E-state index contributed by atoms with van der Waals surface area (Å²) >= 11 is 0. The molecule has 0 radical (unpaired) electrons. The van der Waals surface area contributed by atoms with Gasteiger partial charge in [0.2, 0.25) is 0 Å². The molecule has 1 unspecified atom stereocenters. The highest BCUT2D eigenvalue weighted by Gasteiger charge is 2.31. The van der Waals surface area contributed by atoms with Crippen molar-refractivity contribution in [2.24, 2.45) is 16.6 Å². The fourth-order valence-corrected chi connectivity index (χ4v) is 3.43. The summed E-state index contributed by atoms with van der Waals surface area (Å²) in [6, 6.07) is 0.588. The van der Waals surface area contributed by atoms with E-state index in [0.29, 0.717) is 6.04 Å². The number of fused-ring (bicyclic) bond motifs is 3. The van der Waals surface area contributed by atoms with E-state index in [1.807, 2.05) is 0 Å². The second kappa shape index (κ2) is 7.26. The summed E-state index contributed by atoms with van der Waals surface area (Å²) in [6.45, 7) is 11.4. The lowest BCUT2D eigenvalue weighted by atomic mass is 10.00. The minimum Gasteiger partial charge on any atom is -0.370 e. The molecular weight excluding hydrogens is 365 g/mol. The lowest BCUT2D eigenvalue weighted by Crippen LogP contribution is -2.62. The predicted octanol–water partition coefficient (Wildman–Crippen LogP) is 0.651. The number of hydrogen-bond acceptors (Lipinski definition) is 3. The molecule has 4 aliphatic rings. The largest absolute Gasteiger partial charge is 0.370 e. The third-order valence-corrected chi connectivity index (χ3v) is 4.96. The van der Waals surface area contributed by atoms with E-state index in [0.717, 1.165) is 31.5 Å². The van der Waals surface area contributed by atoms with Crippen molar-refractivity contribution in [2.45, 2.75) is 25.8 Å². The standard InChI is InChI=1S/C14H27N5.HI/c1-12-2-4-19(5-3-12)14(15)16-10-13-11-17-6-8-18(13)9-7-17;/h12-13H,2-11H2,1H3,(H2,15,16);1H. The van der Waals surface area contributed by atoms with Crippen LogP contribution in [0.2, 0.25) is 0 Å². The molecule has 4 saturated heterocycles. The Morgan fingerprint density at radius 2 is 1.75 bits per heavy atom.